The maximum Gasteiger partial charge on any atom is 0.358 e. The minimum atomic E-state index is -1.18. The highest BCUT2D eigenvalue weighted by Gasteiger charge is 2.23. The number of hydrogen-bond donors (Lipinski definition) is 1. The lowest BCUT2D eigenvalue weighted by Gasteiger charge is -1.92. The van der Waals surface area contributed by atoms with E-state index in [0.717, 1.165) is 0 Å². The second kappa shape index (κ2) is 4.41. The minimum absolute atomic E-state index is 0.0834. The van der Waals surface area contributed by atoms with Gasteiger partial charge in [-0.15, -0.1) is 0 Å². The zero-order chi connectivity index (χ0) is 13.2. The second-order valence-corrected chi connectivity index (χ2v) is 3.75. The highest BCUT2D eigenvalue weighted by Crippen LogP contribution is 2.28. The first-order valence-electron chi connectivity index (χ1n) is 5.46. The Bertz CT molecular complexity index is 702. The number of oxazole rings is 1. The van der Waals surface area contributed by atoms with E-state index in [0.29, 0.717) is 11.3 Å². The standard InChI is InChI=1S/C13H8N2O4/c16-13(17)10-11(9-6-7-18-15-9)19-12(14-10)8-4-2-1-3-5-8/h1-7H,(H,16,17). The largest absolute Gasteiger partial charge is 0.476 e. The van der Waals surface area contributed by atoms with Crippen LogP contribution < -0.4 is 0 Å². The fourth-order valence-corrected chi connectivity index (χ4v) is 1.67. The van der Waals surface area contributed by atoms with Crippen molar-refractivity contribution in [3.8, 4) is 22.9 Å². The fraction of sp³-hybridized carbons (Fsp3) is 0. The summed E-state index contributed by atoms with van der Waals surface area (Å²) in [4.78, 5) is 15.2. The van der Waals surface area contributed by atoms with Crippen LogP contribution in [0.4, 0.5) is 0 Å². The van der Waals surface area contributed by atoms with Crippen molar-refractivity contribution in [2.75, 3.05) is 0 Å². The third-order valence-corrected chi connectivity index (χ3v) is 2.52. The first-order valence-corrected chi connectivity index (χ1v) is 5.46. The maximum atomic E-state index is 11.2. The molecule has 0 fully saturated rings. The van der Waals surface area contributed by atoms with E-state index in [1.165, 1.54) is 12.3 Å². The van der Waals surface area contributed by atoms with Crippen molar-refractivity contribution < 1.29 is 18.8 Å². The number of aromatic carboxylic acids is 1. The smallest absolute Gasteiger partial charge is 0.358 e. The van der Waals surface area contributed by atoms with Crippen molar-refractivity contribution in [2.24, 2.45) is 0 Å². The molecule has 0 radical (unpaired) electrons. The lowest BCUT2D eigenvalue weighted by Crippen LogP contribution is -1.98. The Kier molecular flexibility index (Phi) is 2.60. The van der Waals surface area contributed by atoms with Crippen molar-refractivity contribution >= 4 is 5.97 Å². The molecule has 94 valence electrons. The highest BCUT2D eigenvalue weighted by molar-refractivity contribution is 5.92. The van der Waals surface area contributed by atoms with E-state index >= 15 is 0 Å². The molecule has 0 unspecified atom stereocenters. The zero-order valence-corrected chi connectivity index (χ0v) is 9.61. The van der Waals surface area contributed by atoms with Gasteiger partial charge in [-0.25, -0.2) is 9.78 Å². The normalized spacial score (nSPS) is 10.5. The van der Waals surface area contributed by atoms with E-state index in [9.17, 15) is 4.79 Å². The summed E-state index contributed by atoms with van der Waals surface area (Å²) in [5.74, 6) is -0.861. The minimum Gasteiger partial charge on any atom is -0.476 e. The summed E-state index contributed by atoms with van der Waals surface area (Å²) in [6.45, 7) is 0. The lowest BCUT2D eigenvalue weighted by atomic mass is 10.2. The van der Waals surface area contributed by atoms with E-state index < -0.39 is 5.97 Å². The Morgan fingerprint density at radius 1 is 1.16 bits per heavy atom. The summed E-state index contributed by atoms with van der Waals surface area (Å²) >= 11 is 0. The molecule has 0 amide bonds. The van der Waals surface area contributed by atoms with Gasteiger partial charge in [0.25, 0.3) is 0 Å². The van der Waals surface area contributed by atoms with Crippen LogP contribution in [0, 0.1) is 0 Å². The number of carbonyl (C=O) groups is 1. The lowest BCUT2D eigenvalue weighted by molar-refractivity contribution is 0.0691. The van der Waals surface area contributed by atoms with Crippen LogP contribution in [0.5, 0.6) is 0 Å². The molecule has 0 bridgehead atoms. The molecular formula is C13H8N2O4. The van der Waals surface area contributed by atoms with Gasteiger partial charge in [0.1, 0.15) is 6.26 Å². The summed E-state index contributed by atoms with van der Waals surface area (Å²) in [6, 6.07) is 10.6. The van der Waals surface area contributed by atoms with Crippen molar-refractivity contribution in [1.82, 2.24) is 10.1 Å². The molecule has 1 aromatic carbocycles. The fourth-order valence-electron chi connectivity index (χ4n) is 1.67. The van der Waals surface area contributed by atoms with E-state index in [1.54, 1.807) is 12.1 Å². The molecule has 0 saturated heterocycles. The number of aromatic nitrogens is 2. The number of nitrogens with zero attached hydrogens (tertiary/aromatic N) is 2. The molecule has 1 N–H and O–H groups in total. The Morgan fingerprint density at radius 3 is 2.58 bits per heavy atom. The van der Waals surface area contributed by atoms with Crippen LogP contribution in [0.2, 0.25) is 0 Å². The summed E-state index contributed by atoms with van der Waals surface area (Å²) in [6.07, 6.45) is 1.34. The van der Waals surface area contributed by atoms with Crippen molar-refractivity contribution in [2.45, 2.75) is 0 Å². The molecule has 3 rings (SSSR count). The number of carboxylic acids is 1. The van der Waals surface area contributed by atoms with Gasteiger partial charge in [0.05, 0.1) is 0 Å². The molecule has 0 atom stereocenters. The SMILES string of the molecule is O=C(O)c1nc(-c2ccccc2)oc1-c1ccon1. The molecular weight excluding hydrogens is 248 g/mol. The molecule has 0 aliphatic carbocycles. The molecule has 0 aliphatic rings. The van der Waals surface area contributed by atoms with Crippen LogP contribution in [0.25, 0.3) is 22.9 Å². The van der Waals surface area contributed by atoms with Gasteiger partial charge in [-0.1, -0.05) is 23.4 Å². The van der Waals surface area contributed by atoms with Gasteiger partial charge in [0.2, 0.25) is 5.89 Å². The van der Waals surface area contributed by atoms with E-state index in [1.807, 2.05) is 18.2 Å². The van der Waals surface area contributed by atoms with Crippen LogP contribution in [-0.2, 0) is 0 Å². The first-order chi connectivity index (χ1) is 9.25. The van der Waals surface area contributed by atoms with Crippen LogP contribution in [0.3, 0.4) is 0 Å². The van der Waals surface area contributed by atoms with Crippen molar-refractivity contribution in [1.29, 1.82) is 0 Å². The predicted octanol–water partition coefficient (Wildman–Crippen LogP) is 2.69. The number of hydrogen-bond acceptors (Lipinski definition) is 5. The van der Waals surface area contributed by atoms with Gasteiger partial charge in [-0.2, -0.15) is 0 Å². The van der Waals surface area contributed by atoms with Crippen LogP contribution in [0.15, 0.2) is 51.6 Å². The van der Waals surface area contributed by atoms with E-state index in [4.69, 9.17) is 9.52 Å². The first kappa shape index (κ1) is 11.2. The third kappa shape index (κ3) is 1.99. The van der Waals surface area contributed by atoms with Crippen LogP contribution >= 0.6 is 0 Å². The molecule has 3 aromatic rings. The number of benzene rings is 1. The Hall–Kier alpha value is -2.89. The molecule has 6 heteroatoms. The zero-order valence-electron chi connectivity index (χ0n) is 9.61. The molecule has 6 nitrogen and oxygen atoms in total. The third-order valence-electron chi connectivity index (χ3n) is 2.52. The van der Waals surface area contributed by atoms with Gasteiger partial charge in [-0.05, 0) is 12.1 Å². The predicted molar refractivity (Wildman–Crippen MR) is 64.4 cm³/mol. The molecule has 2 aromatic heterocycles. The van der Waals surface area contributed by atoms with Gasteiger partial charge in [0.15, 0.2) is 17.1 Å². The summed E-state index contributed by atoms with van der Waals surface area (Å²) < 4.78 is 10.2. The highest BCUT2D eigenvalue weighted by atomic mass is 16.5. The average Bonchev–Trinajstić information content (AvgIpc) is 3.08. The topological polar surface area (TPSA) is 89.4 Å². The molecule has 0 spiro atoms. The summed E-state index contributed by atoms with van der Waals surface area (Å²) in [5, 5.41) is 12.8. The summed E-state index contributed by atoms with van der Waals surface area (Å²) in [7, 11) is 0. The monoisotopic (exact) mass is 256 g/mol. The number of carboxylic acid groups (broad SMARTS) is 1. The second-order valence-electron chi connectivity index (χ2n) is 3.75. The van der Waals surface area contributed by atoms with Crippen LogP contribution in [-0.4, -0.2) is 21.2 Å². The molecule has 2 heterocycles. The molecule has 19 heavy (non-hydrogen) atoms. The van der Waals surface area contributed by atoms with Gasteiger partial charge < -0.3 is 14.0 Å². The maximum absolute atomic E-state index is 11.2. The van der Waals surface area contributed by atoms with Gasteiger partial charge >= 0.3 is 5.97 Å². The van der Waals surface area contributed by atoms with Crippen LogP contribution in [0.1, 0.15) is 10.5 Å². The Balaban J connectivity index is 2.15. The van der Waals surface area contributed by atoms with Crippen molar-refractivity contribution in [3.05, 3.63) is 48.4 Å². The molecule has 0 saturated carbocycles. The quantitative estimate of drug-likeness (QED) is 0.774. The summed E-state index contributed by atoms with van der Waals surface area (Å²) in [5.41, 5.74) is 0.805. The number of rotatable bonds is 3. The van der Waals surface area contributed by atoms with Gasteiger partial charge in [-0.3, -0.25) is 0 Å². The van der Waals surface area contributed by atoms with Gasteiger partial charge in [0, 0.05) is 11.6 Å². The molecule has 0 aliphatic heterocycles. The Morgan fingerprint density at radius 2 is 1.95 bits per heavy atom. The Labute approximate surface area is 107 Å². The average molecular weight is 256 g/mol. The van der Waals surface area contributed by atoms with Crippen molar-refractivity contribution in [3.63, 3.8) is 0 Å². The van der Waals surface area contributed by atoms with E-state index in [-0.39, 0.29) is 17.3 Å². The van der Waals surface area contributed by atoms with E-state index in [2.05, 4.69) is 14.7 Å².